The van der Waals surface area contributed by atoms with E-state index in [9.17, 15) is 14.3 Å². The summed E-state index contributed by atoms with van der Waals surface area (Å²) >= 11 is 0. The van der Waals surface area contributed by atoms with Crippen molar-refractivity contribution >= 4 is 60.3 Å². The maximum Gasteiger partial charge on any atom is 0.162 e. The fourth-order valence-electron chi connectivity index (χ4n) is 10.3. The minimum Gasteiger partial charge on any atom is -0.512 e. The number of benzene rings is 8. The van der Waals surface area contributed by atoms with E-state index in [-0.39, 0.29) is 61.1 Å². The summed E-state index contributed by atoms with van der Waals surface area (Å²) in [6.07, 6.45) is 6.61. The number of aromatic nitrogens is 3. The van der Waals surface area contributed by atoms with Crippen LogP contribution < -0.4 is 0 Å². The number of para-hydroxylation sites is 2. The molecular formula is C69H66FIrN3O3-2. The number of allylic oxidation sites excluding steroid dienone is 2. The van der Waals surface area contributed by atoms with E-state index in [0.29, 0.717) is 0 Å². The molecule has 0 saturated carbocycles. The maximum atomic E-state index is 12.6. The van der Waals surface area contributed by atoms with Crippen molar-refractivity contribution in [1.82, 2.24) is 14.5 Å². The molecule has 0 aliphatic heterocycles. The van der Waals surface area contributed by atoms with Gasteiger partial charge < -0.3 is 19.1 Å². The van der Waals surface area contributed by atoms with Crippen molar-refractivity contribution < 1.29 is 38.8 Å². The predicted octanol–water partition coefficient (Wildman–Crippen LogP) is 19.2. The van der Waals surface area contributed by atoms with Crippen molar-refractivity contribution in [3.05, 3.63) is 211 Å². The Morgan fingerprint density at radius 3 is 1.99 bits per heavy atom. The van der Waals surface area contributed by atoms with Crippen molar-refractivity contribution in [2.45, 2.75) is 92.9 Å². The number of nitrogens with zero attached hydrogens (tertiary/aromatic N) is 3. The molecule has 6 nitrogen and oxygen atoms in total. The molecule has 0 amide bonds. The van der Waals surface area contributed by atoms with E-state index in [1.165, 1.54) is 67.7 Å². The number of pyridine rings is 1. The Morgan fingerprint density at radius 1 is 0.662 bits per heavy atom. The number of furan rings is 1. The predicted molar refractivity (Wildman–Crippen MR) is 314 cm³/mol. The number of ketones is 1. The molecule has 0 saturated heterocycles. The molecule has 1 N–H and O–H groups in total. The number of fused-ring (bicyclic) bond motifs is 7. The van der Waals surface area contributed by atoms with Gasteiger partial charge in [-0.1, -0.05) is 157 Å². The molecule has 0 fully saturated rings. The van der Waals surface area contributed by atoms with Crippen LogP contribution in [0.5, 0.6) is 0 Å². The molecule has 11 rings (SSSR count). The number of hydrogen-bond donors (Lipinski definition) is 1. The number of halogens is 1. The van der Waals surface area contributed by atoms with Crippen LogP contribution in [0.3, 0.4) is 0 Å². The van der Waals surface area contributed by atoms with Crippen LogP contribution in [0.25, 0.3) is 94.0 Å². The summed E-state index contributed by atoms with van der Waals surface area (Å²) in [6.45, 7) is 17.2. The summed E-state index contributed by atoms with van der Waals surface area (Å²) in [6, 6.07) is 61.9. The molecule has 0 spiro atoms. The monoisotopic (exact) mass is 1200 g/mol. The topological polar surface area (TPSA) is 81.2 Å². The van der Waals surface area contributed by atoms with Gasteiger partial charge in [-0.25, -0.2) is 0 Å². The molecule has 0 aliphatic carbocycles. The van der Waals surface area contributed by atoms with Crippen LogP contribution in [0.4, 0.5) is 4.39 Å². The molecule has 77 heavy (non-hydrogen) atoms. The van der Waals surface area contributed by atoms with Gasteiger partial charge in [-0.05, 0) is 129 Å². The quantitative estimate of drug-likeness (QED) is 0.0538. The number of carbonyl (C=O) groups is 1. The Kier molecular flexibility index (Phi) is 18.2. The Hall–Kier alpha value is -7.51. The zero-order chi connectivity index (χ0) is 53.5. The van der Waals surface area contributed by atoms with E-state index in [1.54, 1.807) is 12.3 Å². The number of imidazole rings is 1. The molecule has 0 atom stereocenters. The van der Waals surface area contributed by atoms with Gasteiger partial charge in [0.1, 0.15) is 5.58 Å². The fraction of sp³-hybridized carbons (Fsp3) is 0.232. The third-order valence-electron chi connectivity index (χ3n) is 14.6. The van der Waals surface area contributed by atoms with Crippen molar-refractivity contribution in [1.29, 1.82) is 0 Å². The first-order valence-electron chi connectivity index (χ1n) is 26.9. The van der Waals surface area contributed by atoms with Gasteiger partial charge in [-0.2, -0.15) is 0 Å². The van der Waals surface area contributed by atoms with E-state index >= 15 is 0 Å². The number of carbonyl (C=O) groups excluding carboxylic acids is 1. The van der Waals surface area contributed by atoms with E-state index in [0.717, 1.165) is 81.3 Å². The first-order valence-corrected chi connectivity index (χ1v) is 26.9. The molecule has 8 heteroatoms. The summed E-state index contributed by atoms with van der Waals surface area (Å²) < 4.78 is 21.8. The third kappa shape index (κ3) is 11.9. The van der Waals surface area contributed by atoms with Crippen LogP contribution in [0, 0.1) is 29.8 Å². The Bertz CT molecular complexity index is 3790. The summed E-state index contributed by atoms with van der Waals surface area (Å²) in [5, 5.41) is 16.8. The second-order valence-electron chi connectivity index (χ2n) is 20.1. The average molecular weight is 1200 g/mol. The van der Waals surface area contributed by atoms with Crippen LogP contribution in [-0.2, 0) is 24.9 Å². The molecule has 3 aromatic heterocycles. The molecule has 0 unspecified atom stereocenters. The third-order valence-corrected chi connectivity index (χ3v) is 14.6. The van der Waals surface area contributed by atoms with Gasteiger partial charge in [-0.3, -0.25) is 14.2 Å². The van der Waals surface area contributed by atoms with Crippen LogP contribution in [-0.4, -0.2) is 25.4 Å². The molecular weight excluding hydrogens is 1130 g/mol. The first-order chi connectivity index (χ1) is 36.9. The van der Waals surface area contributed by atoms with Crippen molar-refractivity contribution in [3.8, 4) is 39.5 Å². The first kappa shape index (κ1) is 55.7. The maximum absolute atomic E-state index is 12.6. The fourth-order valence-corrected chi connectivity index (χ4v) is 10.3. The summed E-state index contributed by atoms with van der Waals surface area (Å²) in [5.74, 6) is 1.67. The van der Waals surface area contributed by atoms with Gasteiger partial charge in [0.25, 0.3) is 0 Å². The van der Waals surface area contributed by atoms with Gasteiger partial charge >= 0.3 is 0 Å². The van der Waals surface area contributed by atoms with Crippen LogP contribution in [0.15, 0.2) is 186 Å². The van der Waals surface area contributed by atoms with Gasteiger partial charge in [0.2, 0.25) is 0 Å². The summed E-state index contributed by atoms with van der Waals surface area (Å²) in [7, 11) is 0. The Labute approximate surface area is 466 Å². The molecule has 8 aromatic carbocycles. The summed E-state index contributed by atoms with van der Waals surface area (Å²) in [4.78, 5) is 21.2. The van der Waals surface area contributed by atoms with Gasteiger partial charge in [0.05, 0.1) is 28.2 Å². The van der Waals surface area contributed by atoms with Gasteiger partial charge in [-0.15, -0.1) is 48.0 Å². The zero-order valence-corrected chi connectivity index (χ0v) is 47.6. The number of rotatable bonds is 13. The van der Waals surface area contributed by atoms with Crippen molar-refractivity contribution in [2.75, 3.05) is 0 Å². The van der Waals surface area contributed by atoms with Crippen molar-refractivity contribution in [2.24, 2.45) is 11.8 Å². The zero-order valence-electron chi connectivity index (χ0n) is 45.2. The molecule has 1 radical (unpaired) electrons. The van der Waals surface area contributed by atoms with Crippen LogP contribution >= 0.6 is 0 Å². The van der Waals surface area contributed by atoms with E-state index < -0.39 is 0 Å². The Morgan fingerprint density at radius 2 is 1.32 bits per heavy atom. The Balaban J connectivity index is 0.000000222. The number of aliphatic hydroxyl groups is 1. The van der Waals surface area contributed by atoms with Crippen LogP contribution in [0.2, 0.25) is 0 Å². The molecule has 3 heterocycles. The van der Waals surface area contributed by atoms with Gasteiger partial charge in [0, 0.05) is 61.1 Å². The normalized spacial score (nSPS) is 11.7. The summed E-state index contributed by atoms with van der Waals surface area (Å²) in [5.41, 5.74) is 12.4. The minimum absolute atomic E-state index is 0. The smallest absolute Gasteiger partial charge is 0.162 e. The average Bonchev–Trinajstić information content (AvgIpc) is 4.13. The van der Waals surface area contributed by atoms with Crippen LogP contribution in [0.1, 0.15) is 104 Å². The number of aliphatic hydroxyl groups excluding tert-OH is 1. The van der Waals surface area contributed by atoms with E-state index in [2.05, 4.69) is 171 Å². The van der Waals surface area contributed by atoms with E-state index in [1.807, 2.05) is 52.0 Å². The largest absolute Gasteiger partial charge is 0.512 e. The second kappa shape index (κ2) is 25.1. The second-order valence-corrected chi connectivity index (χ2v) is 20.1. The SMILES string of the molecule is CC(C)c1cc(-c2ccccc2)cc(C(C)C)c1-n1c(-c2[c-]ccc3c2oc2cc4c(ccc5ccccc54)cc23)nc2ccccc21.CCC(CC)C(=O)/C=C(\O)C(CC)CC.Fc1c[c-]c(-c2ccccn2)cc1.[Ir]. The van der Waals surface area contributed by atoms with Gasteiger partial charge in [0.15, 0.2) is 5.78 Å². The molecule has 393 valence electrons. The standard InChI is InChI=1S/C45H35N2O.C13H24O2.C11H7FN.Ir/c1-27(2)36-24-32(29-13-6-5-7-14-29)25-37(28(3)4)43(36)47-41-20-11-10-19-40(41)46-45(47)35-18-12-17-34-39-23-31-22-21-30-15-8-9-16-33(30)38(31)26-42(39)48-44(34)35;1-5-10(6-2)12(14)9-13(15)11(7-3)8-4;12-10-6-4-9(5-7-10)11-3-1-2-8-13-11;/h5-17,19-28H,1-4H3;9-11,14H,5-8H2,1-4H3;1-4,6-8H;/q-1;;-1;/b;12-9-;;. The molecule has 0 bridgehead atoms. The number of hydrogen-bond acceptors (Lipinski definition) is 5. The minimum atomic E-state index is -0.278. The van der Waals surface area contributed by atoms with Crippen molar-refractivity contribution in [3.63, 3.8) is 0 Å². The van der Waals surface area contributed by atoms with E-state index in [4.69, 9.17) is 9.40 Å². The molecule has 11 aromatic rings. The molecule has 0 aliphatic rings.